The van der Waals surface area contributed by atoms with E-state index in [-0.39, 0.29) is 18.5 Å². The zero-order chi connectivity index (χ0) is 21.4. The summed E-state index contributed by atoms with van der Waals surface area (Å²) in [5, 5.41) is 2.94. The maximum Gasteiger partial charge on any atom is 0.256 e. The van der Waals surface area contributed by atoms with Crippen LogP contribution in [0.25, 0.3) is 0 Å². The van der Waals surface area contributed by atoms with Crippen LogP contribution < -0.4 is 14.8 Å². The highest BCUT2D eigenvalue weighted by atomic mass is 19.1. The molecule has 6 nitrogen and oxygen atoms in total. The van der Waals surface area contributed by atoms with Crippen LogP contribution in [-0.2, 0) is 0 Å². The zero-order valence-electron chi connectivity index (χ0n) is 16.6. The minimum Gasteiger partial charge on any atom is -0.454 e. The Hall–Kier alpha value is -4.00. The molecule has 1 N–H and O–H groups in total. The molecule has 2 heterocycles. The van der Waals surface area contributed by atoms with Crippen LogP contribution in [0.3, 0.4) is 0 Å². The Balaban J connectivity index is 1.55. The molecular weight excluding hydrogens is 397 g/mol. The Kier molecular flexibility index (Phi) is 4.71. The number of hydrogen-bond donors (Lipinski definition) is 1. The van der Waals surface area contributed by atoms with E-state index in [0.29, 0.717) is 34.3 Å². The van der Waals surface area contributed by atoms with Crippen molar-refractivity contribution >= 4 is 28.8 Å². The molecule has 3 aromatic rings. The number of para-hydroxylation sites is 2. The van der Waals surface area contributed by atoms with Gasteiger partial charge in [0, 0.05) is 11.3 Å². The third-order valence-electron chi connectivity index (χ3n) is 5.19. The number of nitrogens with one attached hydrogen (secondary N) is 1. The Morgan fingerprint density at radius 2 is 1.68 bits per heavy atom. The lowest BCUT2D eigenvalue weighted by Gasteiger charge is -2.19. The van der Waals surface area contributed by atoms with Gasteiger partial charge in [0.2, 0.25) is 6.79 Å². The molecule has 31 heavy (non-hydrogen) atoms. The van der Waals surface area contributed by atoms with Crippen molar-refractivity contribution in [1.82, 2.24) is 5.32 Å². The molecule has 0 radical (unpaired) electrons. The van der Waals surface area contributed by atoms with E-state index in [1.54, 1.807) is 30.3 Å². The Morgan fingerprint density at radius 1 is 0.968 bits per heavy atom. The van der Waals surface area contributed by atoms with Crippen LogP contribution in [-0.4, -0.2) is 24.2 Å². The summed E-state index contributed by atoms with van der Waals surface area (Å²) in [5.41, 5.74) is 3.28. The number of carbonyl (C=O) groups is 1. The summed E-state index contributed by atoms with van der Waals surface area (Å²) in [5.74, 6) is 0.430. The monoisotopic (exact) mass is 415 g/mol. The number of rotatable bonds is 2. The molecule has 0 aromatic heterocycles. The van der Waals surface area contributed by atoms with Crippen LogP contribution >= 0.6 is 0 Å². The fourth-order valence-corrected chi connectivity index (χ4v) is 3.68. The number of carbonyl (C=O) groups excluding carboxylic acids is 1. The van der Waals surface area contributed by atoms with Gasteiger partial charge in [0.05, 0.1) is 17.3 Å². The van der Waals surface area contributed by atoms with Gasteiger partial charge >= 0.3 is 0 Å². The van der Waals surface area contributed by atoms with Gasteiger partial charge in [-0.05, 0) is 55.0 Å². The molecule has 7 heteroatoms. The van der Waals surface area contributed by atoms with E-state index in [1.165, 1.54) is 12.1 Å². The van der Waals surface area contributed by atoms with Crippen molar-refractivity contribution in [3.8, 4) is 11.5 Å². The second kappa shape index (κ2) is 7.68. The standard InChI is InChI=1S/C24H18FN3O3/c1-14-22(15-6-9-17(25)10-7-15)23(27-19-5-3-2-4-18(19)26-14)28-24(29)16-8-11-20-21(12-16)31-13-30-20/h2-12,22H,13H2,1H3,(H,27,28,29). The van der Waals surface area contributed by atoms with Gasteiger partial charge in [-0.2, -0.15) is 0 Å². The summed E-state index contributed by atoms with van der Waals surface area (Å²) in [6.07, 6.45) is 0. The highest BCUT2D eigenvalue weighted by Gasteiger charge is 2.27. The summed E-state index contributed by atoms with van der Waals surface area (Å²) in [6, 6.07) is 18.6. The van der Waals surface area contributed by atoms with Gasteiger partial charge in [-0.25, -0.2) is 9.38 Å². The molecule has 1 unspecified atom stereocenters. The SMILES string of the molecule is CC1=Nc2ccccc2N=C(NC(=O)c2ccc3c(c2)OCO3)C1c1ccc(F)cc1. The summed E-state index contributed by atoms with van der Waals surface area (Å²) in [4.78, 5) is 22.5. The maximum absolute atomic E-state index is 13.5. The molecule has 154 valence electrons. The highest BCUT2D eigenvalue weighted by molar-refractivity contribution is 6.19. The first-order valence-corrected chi connectivity index (χ1v) is 9.78. The fraction of sp³-hybridized carbons (Fsp3) is 0.125. The number of amides is 1. The maximum atomic E-state index is 13.5. The van der Waals surface area contributed by atoms with Crippen molar-refractivity contribution in [3.63, 3.8) is 0 Å². The first-order valence-electron chi connectivity index (χ1n) is 9.78. The number of amidine groups is 1. The van der Waals surface area contributed by atoms with E-state index in [2.05, 4.69) is 5.32 Å². The molecule has 0 saturated carbocycles. The largest absolute Gasteiger partial charge is 0.454 e. The third-order valence-corrected chi connectivity index (χ3v) is 5.19. The van der Waals surface area contributed by atoms with E-state index in [9.17, 15) is 9.18 Å². The van der Waals surface area contributed by atoms with Gasteiger partial charge in [-0.1, -0.05) is 24.3 Å². The predicted octanol–water partition coefficient (Wildman–Crippen LogP) is 4.90. The highest BCUT2D eigenvalue weighted by Crippen LogP contribution is 2.35. The molecule has 0 saturated heterocycles. The average Bonchev–Trinajstić information content (AvgIpc) is 3.19. The smallest absolute Gasteiger partial charge is 0.256 e. The van der Waals surface area contributed by atoms with Crippen LogP contribution in [0.15, 0.2) is 76.7 Å². The molecule has 3 aromatic carbocycles. The molecule has 1 amide bonds. The Labute approximate surface area is 178 Å². The van der Waals surface area contributed by atoms with Crippen molar-refractivity contribution in [2.24, 2.45) is 9.98 Å². The van der Waals surface area contributed by atoms with Gasteiger partial charge in [-0.15, -0.1) is 0 Å². The summed E-state index contributed by atoms with van der Waals surface area (Å²) in [6.45, 7) is 2.00. The molecule has 5 rings (SSSR count). The minimum atomic E-state index is -0.439. The van der Waals surface area contributed by atoms with Crippen LogP contribution in [0.4, 0.5) is 15.8 Å². The number of halogens is 1. The number of benzene rings is 3. The molecule has 0 aliphatic carbocycles. The lowest BCUT2D eigenvalue weighted by molar-refractivity contribution is 0.0976. The van der Waals surface area contributed by atoms with E-state index < -0.39 is 5.92 Å². The van der Waals surface area contributed by atoms with Crippen LogP contribution in [0.5, 0.6) is 11.5 Å². The lowest BCUT2D eigenvalue weighted by atomic mass is 9.93. The normalized spacial score (nSPS) is 16.6. The van der Waals surface area contributed by atoms with Crippen molar-refractivity contribution in [2.45, 2.75) is 12.8 Å². The Bertz CT molecular complexity index is 1240. The number of hydrogen-bond acceptors (Lipinski definition) is 5. The lowest BCUT2D eigenvalue weighted by Crippen LogP contribution is -2.37. The van der Waals surface area contributed by atoms with Gasteiger partial charge in [0.25, 0.3) is 5.91 Å². The average molecular weight is 415 g/mol. The molecule has 0 spiro atoms. The van der Waals surface area contributed by atoms with Crippen LogP contribution in [0.2, 0.25) is 0 Å². The Morgan fingerprint density at radius 3 is 2.45 bits per heavy atom. The van der Waals surface area contributed by atoms with Crippen LogP contribution in [0.1, 0.15) is 28.8 Å². The number of ether oxygens (including phenoxy) is 2. The summed E-state index contributed by atoms with van der Waals surface area (Å²) >= 11 is 0. The van der Waals surface area contributed by atoms with Gasteiger partial charge in [0.1, 0.15) is 11.7 Å². The predicted molar refractivity (Wildman–Crippen MR) is 115 cm³/mol. The molecule has 1 atom stereocenters. The molecule has 2 aliphatic heterocycles. The molecular formula is C24H18FN3O3. The number of aliphatic imine (C=N–C) groups is 2. The molecule has 2 aliphatic rings. The second-order valence-electron chi connectivity index (χ2n) is 7.25. The second-order valence-corrected chi connectivity index (χ2v) is 7.25. The third kappa shape index (κ3) is 3.66. The van der Waals surface area contributed by atoms with Gasteiger partial charge in [-0.3, -0.25) is 9.79 Å². The topological polar surface area (TPSA) is 72.3 Å². The van der Waals surface area contributed by atoms with Crippen molar-refractivity contribution in [1.29, 1.82) is 0 Å². The molecule has 0 bridgehead atoms. The van der Waals surface area contributed by atoms with Gasteiger partial charge in [0.15, 0.2) is 11.5 Å². The quantitative estimate of drug-likeness (QED) is 0.647. The first kappa shape index (κ1) is 19.0. The van der Waals surface area contributed by atoms with Crippen molar-refractivity contribution < 1.29 is 18.7 Å². The van der Waals surface area contributed by atoms with E-state index in [0.717, 1.165) is 11.3 Å². The zero-order valence-corrected chi connectivity index (χ0v) is 16.6. The minimum absolute atomic E-state index is 0.131. The van der Waals surface area contributed by atoms with E-state index in [4.69, 9.17) is 19.5 Å². The van der Waals surface area contributed by atoms with Crippen molar-refractivity contribution in [2.75, 3.05) is 6.79 Å². The fourth-order valence-electron chi connectivity index (χ4n) is 3.68. The van der Waals surface area contributed by atoms with E-state index in [1.807, 2.05) is 31.2 Å². The van der Waals surface area contributed by atoms with Crippen molar-refractivity contribution in [3.05, 3.63) is 83.7 Å². The van der Waals surface area contributed by atoms with Gasteiger partial charge < -0.3 is 14.8 Å². The number of fused-ring (bicyclic) bond motifs is 2. The summed E-state index contributed by atoms with van der Waals surface area (Å²) in [7, 11) is 0. The summed E-state index contributed by atoms with van der Waals surface area (Å²) < 4.78 is 24.2. The number of nitrogens with zero attached hydrogens (tertiary/aromatic N) is 2. The first-order chi connectivity index (χ1) is 15.1. The van der Waals surface area contributed by atoms with E-state index >= 15 is 0 Å². The molecule has 0 fully saturated rings. The van der Waals surface area contributed by atoms with Crippen LogP contribution in [0, 0.1) is 5.82 Å².